The van der Waals surface area contributed by atoms with Gasteiger partial charge in [-0.3, -0.25) is 4.79 Å². The van der Waals surface area contributed by atoms with E-state index in [0.717, 1.165) is 12.8 Å². The molecule has 1 N–H and O–H groups in total. The number of unbranched alkanes of at least 4 members (excludes halogenated alkanes) is 3. The molecule has 0 saturated heterocycles. The number of esters is 1. The molecule has 3 nitrogen and oxygen atoms in total. The maximum Gasteiger partial charge on any atom is 0.305 e. The average molecular weight is 188 g/mol. The molecule has 0 bridgehead atoms. The Morgan fingerprint density at radius 1 is 1.38 bits per heavy atom. The van der Waals surface area contributed by atoms with Crippen LogP contribution in [-0.2, 0) is 9.53 Å². The summed E-state index contributed by atoms with van der Waals surface area (Å²) in [7, 11) is 0. The molecule has 0 unspecified atom stereocenters. The summed E-state index contributed by atoms with van der Waals surface area (Å²) in [6.45, 7) is 3.85. The van der Waals surface area contributed by atoms with Gasteiger partial charge in [0.15, 0.2) is 0 Å². The van der Waals surface area contributed by atoms with Gasteiger partial charge in [-0.1, -0.05) is 26.2 Å². The van der Waals surface area contributed by atoms with Gasteiger partial charge in [0.1, 0.15) is 6.61 Å². The standard InChI is InChI=1S/C10H20O3/c1-3-4-5-6-7-10(12)13-8-9(2)11/h9,11H,3-8H2,1-2H3/t9-/m0/s1. The smallest absolute Gasteiger partial charge is 0.305 e. The Balaban J connectivity index is 3.20. The molecule has 13 heavy (non-hydrogen) atoms. The molecule has 0 aliphatic heterocycles. The van der Waals surface area contributed by atoms with Crippen molar-refractivity contribution in [1.29, 1.82) is 0 Å². The minimum absolute atomic E-state index is 0.118. The van der Waals surface area contributed by atoms with Gasteiger partial charge in [0.25, 0.3) is 0 Å². The molecular formula is C10H20O3. The Morgan fingerprint density at radius 2 is 2.08 bits per heavy atom. The van der Waals surface area contributed by atoms with E-state index >= 15 is 0 Å². The fourth-order valence-corrected chi connectivity index (χ4v) is 0.982. The SMILES string of the molecule is CCCCCCC(=O)OC[C@H](C)O. The highest BCUT2D eigenvalue weighted by molar-refractivity contribution is 5.69. The van der Waals surface area contributed by atoms with Crippen LogP contribution in [0.5, 0.6) is 0 Å². The predicted molar refractivity (Wildman–Crippen MR) is 51.4 cm³/mol. The minimum Gasteiger partial charge on any atom is -0.463 e. The van der Waals surface area contributed by atoms with Crippen molar-refractivity contribution in [1.82, 2.24) is 0 Å². The molecule has 0 aromatic rings. The van der Waals surface area contributed by atoms with Crippen molar-refractivity contribution < 1.29 is 14.6 Å². The van der Waals surface area contributed by atoms with E-state index in [4.69, 9.17) is 9.84 Å². The fourth-order valence-electron chi connectivity index (χ4n) is 0.982. The molecule has 0 radical (unpaired) electrons. The van der Waals surface area contributed by atoms with Crippen LogP contribution >= 0.6 is 0 Å². The molecule has 0 heterocycles. The highest BCUT2D eigenvalue weighted by Gasteiger charge is 2.03. The van der Waals surface area contributed by atoms with Crippen LogP contribution in [0.4, 0.5) is 0 Å². The van der Waals surface area contributed by atoms with Crippen molar-refractivity contribution in [3.05, 3.63) is 0 Å². The van der Waals surface area contributed by atoms with Crippen LogP contribution in [0.15, 0.2) is 0 Å². The lowest BCUT2D eigenvalue weighted by atomic mass is 10.2. The molecule has 0 aromatic carbocycles. The quantitative estimate of drug-likeness (QED) is 0.490. The summed E-state index contributed by atoms with van der Waals surface area (Å²) in [6, 6.07) is 0. The molecule has 0 amide bonds. The predicted octanol–water partition coefficient (Wildman–Crippen LogP) is 1.88. The summed E-state index contributed by atoms with van der Waals surface area (Å²) in [4.78, 5) is 11.0. The zero-order valence-corrected chi connectivity index (χ0v) is 8.58. The first-order chi connectivity index (χ1) is 6.16. The monoisotopic (exact) mass is 188 g/mol. The minimum atomic E-state index is -0.556. The number of rotatable bonds is 7. The lowest BCUT2D eigenvalue weighted by Crippen LogP contribution is -2.14. The number of ether oxygens (including phenoxy) is 1. The Hall–Kier alpha value is -0.570. The zero-order chi connectivity index (χ0) is 10.1. The van der Waals surface area contributed by atoms with Crippen LogP contribution in [0.1, 0.15) is 46.0 Å². The molecule has 78 valence electrons. The van der Waals surface area contributed by atoms with E-state index in [1.165, 1.54) is 12.8 Å². The number of aliphatic hydroxyl groups excluding tert-OH is 1. The molecule has 0 rings (SSSR count). The molecule has 0 aromatic heterocycles. The summed E-state index contributed by atoms with van der Waals surface area (Å²) in [6.07, 6.45) is 4.24. The van der Waals surface area contributed by atoms with Crippen molar-refractivity contribution in [3.8, 4) is 0 Å². The second-order valence-electron chi connectivity index (χ2n) is 3.34. The summed E-state index contributed by atoms with van der Waals surface area (Å²) < 4.78 is 4.79. The lowest BCUT2D eigenvalue weighted by Gasteiger charge is -2.05. The number of carbonyl (C=O) groups excluding carboxylic acids is 1. The van der Waals surface area contributed by atoms with Gasteiger partial charge in [-0.25, -0.2) is 0 Å². The number of carbonyl (C=O) groups is 1. The number of hydrogen-bond donors (Lipinski definition) is 1. The van der Waals surface area contributed by atoms with Crippen LogP contribution in [0.3, 0.4) is 0 Å². The van der Waals surface area contributed by atoms with Gasteiger partial charge in [0.05, 0.1) is 6.10 Å². The highest BCUT2D eigenvalue weighted by Crippen LogP contribution is 2.03. The summed E-state index contributed by atoms with van der Waals surface area (Å²) in [5.74, 6) is -0.197. The largest absolute Gasteiger partial charge is 0.463 e. The third kappa shape index (κ3) is 9.34. The first-order valence-electron chi connectivity index (χ1n) is 5.00. The van der Waals surface area contributed by atoms with Crippen molar-refractivity contribution >= 4 is 5.97 Å². The van der Waals surface area contributed by atoms with E-state index in [0.29, 0.717) is 6.42 Å². The van der Waals surface area contributed by atoms with Crippen molar-refractivity contribution in [2.75, 3.05) is 6.61 Å². The van der Waals surface area contributed by atoms with E-state index in [1.807, 2.05) is 0 Å². The van der Waals surface area contributed by atoms with E-state index in [1.54, 1.807) is 6.92 Å². The number of hydrogen-bond acceptors (Lipinski definition) is 3. The number of aliphatic hydroxyl groups is 1. The van der Waals surface area contributed by atoms with Crippen molar-refractivity contribution in [2.45, 2.75) is 52.1 Å². The lowest BCUT2D eigenvalue weighted by molar-refractivity contribution is -0.146. The Bertz CT molecular complexity index is 132. The molecular weight excluding hydrogens is 168 g/mol. The second-order valence-corrected chi connectivity index (χ2v) is 3.34. The van der Waals surface area contributed by atoms with Gasteiger partial charge < -0.3 is 9.84 Å². The molecule has 1 atom stereocenters. The van der Waals surface area contributed by atoms with E-state index in [9.17, 15) is 4.79 Å². The third-order valence-electron chi connectivity index (χ3n) is 1.72. The Kier molecular flexibility index (Phi) is 7.69. The van der Waals surface area contributed by atoms with Crippen LogP contribution in [0.25, 0.3) is 0 Å². The van der Waals surface area contributed by atoms with Crippen LogP contribution in [0, 0.1) is 0 Å². The van der Waals surface area contributed by atoms with Crippen LogP contribution in [0.2, 0.25) is 0 Å². The maximum atomic E-state index is 11.0. The molecule has 0 saturated carbocycles. The van der Waals surface area contributed by atoms with Crippen LogP contribution < -0.4 is 0 Å². The summed E-state index contributed by atoms with van der Waals surface area (Å²) >= 11 is 0. The summed E-state index contributed by atoms with van der Waals surface area (Å²) in [5, 5.41) is 8.83. The van der Waals surface area contributed by atoms with Gasteiger partial charge in [0.2, 0.25) is 0 Å². The van der Waals surface area contributed by atoms with Gasteiger partial charge in [-0.15, -0.1) is 0 Å². The van der Waals surface area contributed by atoms with Gasteiger partial charge in [0, 0.05) is 6.42 Å². The van der Waals surface area contributed by atoms with Crippen molar-refractivity contribution in [2.24, 2.45) is 0 Å². The maximum absolute atomic E-state index is 11.0. The Labute approximate surface area is 80.1 Å². The van der Waals surface area contributed by atoms with Gasteiger partial charge in [-0.05, 0) is 13.3 Å². The molecule has 0 spiro atoms. The molecule has 0 aliphatic carbocycles. The molecule has 0 fully saturated rings. The van der Waals surface area contributed by atoms with Gasteiger partial charge >= 0.3 is 5.97 Å². The fraction of sp³-hybridized carbons (Fsp3) is 0.900. The molecule has 3 heteroatoms. The molecule has 0 aliphatic rings. The average Bonchev–Trinajstić information content (AvgIpc) is 2.09. The van der Waals surface area contributed by atoms with E-state index in [2.05, 4.69) is 6.92 Å². The van der Waals surface area contributed by atoms with E-state index < -0.39 is 6.10 Å². The first kappa shape index (κ1) is 12.4. The highest BCUT2D eigenvalue weighted by atomic mass is 16.5. The second kappa shape index (κ2) is 8.05. The first-order valence-corrected chi connectivity index (χ1v) is 5.00. The van der Waals surface area contributed by atoms with E-state index in [-0.39, 0.29) is 12.6 Å². The van der Waals surface area contributed by atoms with Crippen LogP contribution in [-0.4, -0.2) is 23.8 Å². The normalized spacial score (nSPS) is 12.5. The summed E-state index contributed by atoms with van der Waals surface area (Å²) in [5.41, 5.74) is 0. The Morgan fingerprint density at radius 3 is 2.62 bits per heavy atom. The third-order valence-corrected chi connectivity index (χ3v) is 1.72. The zero-order valence-electron chi connectivity index (χ0n) is 8.58. The van der Waals surface area contributed by atoms with Gasteiger partial charge in [-0.2, -0.15) is 0 Å². The topological polar surface area (TPSA) is 46.5 Å². The van der Waals surface area contributed by atoms with Crippen molar-refractivity contribution in [3.63, 3.8) is 0 Å².